The maximum Gasteiger partial charge on any atom is 0.205 e. The zero-order valence-electron chi connectivity index (χ0n) is 8.25. The first-order valence-electron chi connectivity index (χ1n) is 3.83. The molecule has 0 amide bonds. The lowest BCUT2D eigenvalue weighted by molar-refractivity contribution is -0.673. The summed E-state index contributed by atoms with van der Waals surface area (Å²) in [6.07, 6.45) is 4.69. The SMILES string of the molecule is C=Cc1cc[n+](C)cc1F.COC. The Hall–Kier alpha value is -1.22. The van der Waals surface area contributed by atoms with E-state index in [9.17, 15) is 4.39 Å². The van der Waals surface area contributed by atoms with Crippen LogP contribution in [0.15, 0.2) is 25.0 Å². The minimum atomic E-state index is -0.236. The van der Waals surface area contributed by atoms with Crippen LogP contribution >= 0.6 is 0 Å². The fourth-order valence-corrected chi connectivity index (χ4v) is 0.739. The van der Waals surface area contributed by atoms with E-state index in [0.29, 0.717) is 5.56 Å². The lowest BCUT2D eigenvalue weighted by Gasteiger charge is -1.91. The second-order valence-corrected chi connectivity index (χ2v) is 2.53. The van der Waals surface area contributed by atoms with Crippen LogP contribution in [-0.4, -0.2) is 14.2 Å². The quantitative estimate of drug-likeness (QED) is 0.604. The van der Waals surface area contributed by atoms with Crippen LogP contribution in [0.4, 0.5) is 4.39 Å². The Morgan fingerprint density at radius 1 is 1.54 bits per heavy atom. The number of pyridine rings is 1. The summed E-state index contributed by atoms with van der Waals surface area (Å²) >= 11 is 0. The predicted molar refractivity (Wildman–Crippen MR) is 50.6 cm³/mol. The summed E-state index contributed by atoms with van der Waals surface area (Å²) < 4.78 is 18.7. The van der Waals surface area contributed by atoms with Crippen molar-refractivity contribution in [3.8, 4) is 0 Å². The van der Waals surface area contributed by atoms with Gasteiger partial charge in [-0.1, -0.05) is 12.7 Å². The van der Waals surface area contributed by atoms with Gasteiger partial charge < -0.3 is 4.74 Å². The van der Waals surface area contributed by atoms with Gasteiger partial charge in [0.1, 0.15) is 7.05 Å². The van der Waals surface area contributed by atoms with Crippen molar-refractivity contribution >= 4 is 6.08 Å². The highest BCUT2D eigenvalue weighted by Crippen LogP contribution is 2.03. The van der Waals surface area contributed by atoms with Crippen LogP contribution in [0.3, 0.4) is 0 Å². The molecule has 0 saturated heterocycles. The molecule has 1 rings (SSSR count). The first-order chi connectivity index (χ1) is 6.15. The highest BCUT2D eigenvalue weighted by Gasteiger charge is 2.01. The van der Waals surface area contributed by atoms with Gasteiger partial charge in [-0.2, -0.15) is 4.39 Å². The van der Waals surface area contributed by atoms with Gasteiger partial charge in [0.05, 0.1) is 0 Å². The number of hydrogen-bond donors (Lipinski definition) is 0. The number of nitrogens with zero attached hydrogens (tertiary/aromatic N) is 1. The van der Waals surface area contributed by atoms with E-state index in [0.717, 1.165) is 0 Å². The van der Waals surface area contributed by atoms with Gasteiger partial charge in [0.15, 0.2) is 12.0 Å². The van der Waals surface area contributed by atoms with Crippen LogP contribution in [0.1, 0.15) is 5.56 Å². The zero-order chi connectivity index (χ0) is 10.3. The second-order valence-electron chi connectivity index (χ2n) is 2.53. The largest absolute Gasteiger partial charge is 0.388 e. The van der Waals surface area contributed by atoms with Gasteiger partial charge in [-0.25, -0.2) is 4.57 Å². The number of hydrogen-bond acceptors (Lipinski definition) is 1. The summed E-state index contributed by atoms with van der Waals surface area (Å²) in [5.74, 6) is -0.236. The second kappa shape index (κ2) is 6.31. The van der Waals surface area contributed by atoms with Crippen molar-refractivity contribution < 1.29 is 13.7 Å². The highest BCUT2D eigenvalue weighted by molar-refractivity contribution is 5.45. The van der Waals surface area contributed by atoms with Gasteiger partial charge in [0.25, 0.3) is 0 Å². The minimum Gasteiger partial charge on any atom is -0.388 e. The molecule has 0 atom stereocenters. The van der Waals surface area contributed by atoms with E-state index < -0.39 is 0 Å². The topological polar surface area (TPSA) is 13.1 Å². The Kier molecular flexibility index (Phi) is 5.72. The number of methoxy groups -OCH3 is 1. The molecule has 0 fully saturated rings. The standard InChI is InChI=1S/C8H9FN.C2H6O/c1-3-7-4-5-10(2)6-8(7)9;1-3-2/h3-6H,1H2,2H3;1-2H3/q+1;. The molecule has 13 heavy (non-hydrogen) atoms. The van der Waals surface area contributed by atoms with Gasteiger partial charge in [-0.15, -0.1) is 0 Å². The number of aromatic nitrogens is 1. The van der Waals surface area contributed by atoms with Gasteiger partial charge in [-0.05, 0) is 0 Å². The molecule has 0 bridgehead atoms. The Morgan fingerprint density at radius 2 is 2.08 bits per heavy atom. The van der Waals surface area contributed by atoms with Crippen LogP contribution in [-0.2, 0) is 11.8 Å². The Labute approximate surface area is 78.3 Å². The van der Waals surface area contributed by atoms with E-state index in [1.165, 1.54) is 12.3 Å². The molecular weight excluding hydrogens is 169 g/mol. The molecule has 0 aliphatic heterocycles. The third-order valence-corrected chi connectivity index (χ3v) is 1.30. The Bertz CT molecular complexity index is 274. The molecule has 3 heteroatoms. The number of halogens is 1. The lowest BCUT2D eigenvalue weighted by atomic mass is 10.2. The third-order valence-electron chi connectivity index (χ3n) is 1.30. The first kappa shape index (κ1) is 11.8. The summed E-state index contributed by atoms with van der Waals surface area (Å²) in [5, 5.41) is 0. The van der Waals surface area contributed by atoms with E-state index in [-0.39, 0.29) is 5.82 Å². The molecule has 0 aliphatic rings. The summed E-state index contributed by atoms with van der Waals surface area (Å²) in [5.41, 5.74) is 0.540. The molecule has 0 aromatic carbocycles. The molecule has 1 aromatic rings. The van der Waals surface area contributed by atoms with Crippen LogP contribution < -0.4 is 4.57 Å². The fraction of sp³-hybridized carbons (Fsp3) is 0.300. The lowest BCUT2D eigenvalue weighted by Crippen LogP contribution is -2.27. The molecule has 0 N–H and O–H groups in total. The minimum absolute atomic E-state index is 0.236. The van der Waals surface area contributed by atoms with Gasteiger partial charge in [-0.3, -0.25) is 0 Å². The van der Waals surface area contributed by atoms with Crippen molar-refractivity contribution in [2.24, 2.45) is 7.05 Å². The van der Waals surface area contributed by atoms with Crippen molar-refractivity contribution in [2.75, 3.05) is 14.2 Å². The maximum absolute atomic E-state index is 12.8. The molecule has 1 aromatic heterocycles. The first-order valence-corrected chi connectivity index (χ1v) is 3.83. The summed E-state index contributed by atoms with van der Waals surface area (Å²) in [4.78, 5) is 0. The van der Waals surface area contributed by atoms with Crippen molar-refractivity contribution in [1.82, 2.24) is 0 Å². The van der Waals surface area contributed by atoms with Crippen LogP contribution in [0.5, 0.6) is 0 Å². The van der Waals surface area contributed by atoms with Crippen molar-refractivity contribution in [1.29, 1.82) is 0 Å². The number of aryl methyl sites for hydroxylation is 1. The molecule has 0 radical (unpaired) electrons. The molecule has 72 valence electrons. The molecule has 2 nitrogen and oxygen atoms in total. The molecule has 0 spiro atoms. The van der Waals surface area contributed by atoms with E-state index in [1.54, 1.807) is 38.1 Å². The van der Waals surface area contributed by atoms with Crippen molar-refractivity contribution in [2.45, 2.75) is 0 Å². The summed E-state index contributed by atoms with van der Waals surface area (Å²) in [7, 11) is 5.02. The van der Waals surface area contributed by atoms with E-state index in [1.807, 2.05) is 0 Å². The summed E-state index contributed by atoms with van der Waals surface area (Å²) in [6.45, 7) is 3.47. The van der Waals surface area contributed by atoms with Crippen LogP contribution in [0.2, 0.25) is 0 Å². The Balaban J connectivity index is 0.000000424. The molecule has 0 saturated carbocycles. The molecule has 1 heterocycles. The van der Waals surface area contributed by atoms with E-state index >= 15 is 0 Å². The smallest absolute Gasteiger partial charge is 0.205 e. The molecule has 0 aliphatic carbocycles. The van der Waals surface area contributed by atoms with E-state index in [4.69, 9.17) is 0 Å². The average molecular weight is 184 g/mol. The fourth-order valence-electron chi connectivity index (χ4n) is 0.739. The molecular formula is C10H15FNO+. The third kappa shape index (κ3) is 4.38. The van der Waals surface area contributed by atoms with E-state index in [2.05, 4.69) is 11.3 Å². The predicted octanol–water partition coefficient (Wildman–Crippen LogP) is 1.56. The number of rotatable bonds is 1. The zero-order valence-corrected chi connectivity index (χ0v) is 8.25. The Morgan fingerprint density at radius 3 is 2.46 bits per heavy atom. The van der Waals surface area contributed by atoms with Crippen molar-refractivity contribution in [3.05, 3.63) is 36.4 Å². The highest BCUT2D eigenvalue weighted by atomic mass is 19.1. The van der Waals surface area contributed by atoms with Gasteiger partial charge in [0.2, 0.25) is 6.20 Å². The molecule has 0 unspecified atom stereocenters. The normalized spacial score (nSPS) is 8.62. The van der Waals surface area contributed by atoms with Crippen LogP contribution in [0.25, 0.3) is 6.08 Å². The average Bonchev–Trinajstić information content (AvgIpc) is 2.06. The number of ether oxygens (including phenoxy) is 1. The van der Waals surface area contributed by atoms with Crippen molar-refractivity contribution in [3.63, 3.8) is 0 Å². The van der Waals surface area contributed by atoms with Gasteiger partial charge in [0, 0.05) is 25.8 Å². The maximum atomic E-state index is 12.8. The van der Waals surface area contributed by atoms with Gasteiger partial charge >= 0.3 is 0 Å². The van der Waals surface area contributed by atoms with Crippen LogP contribution in [0, 0.1) is 5.82 Å². The monoisotopic (exact) mass is 184 g/mol. The summed E-state index contributed by atoms with van der Waals surface area (Å²) in [6, 6.07) is 1.68.